The molecule has 23 rings (SSSR count). The Morgan fingerprint density at radius 3 is 0.869 bits per heavy atom. The Morgan fingerprint density at radius 2 is 0.533 bits per heavy atom. The first kappa shape index (κ1) is 91.9. The number of pyridine rings is 8. The molecule has 9 heterocycles. The zero-order valence-corrected chi connectivity index (χ0v) is 78.7. The number of aryl methyl sites for hydroxylation is 2. The molecule has 1 aliphatic carbocycles. The number of fused-ring (bicyclic) bond motifs is 6. The Hall–Kier alpha value is -17.0. The van der Waals surface area contributed by atoms with E-state index in [0.29, 0.717) is 16.6 Å². The minimum absolute atomic E-state index is 0. The van der Waals surface area contributed by atoms with Gasteiger partial charge in [0.2, 0.25) is 0 Å². The molecule has 13 aromatic carbocycles. The number of rotatable bonds is 12. The fraction of sp³-hybridized carbons (Fsp3) is 0.0656. The van der Waals surface area contributed by atoms with Gasteiger partial charge in [-0.25, -0.2) is 0 Å². The van der Waals surface area contributed by atoms with Crippen LogP contribution < -0.4 is 0 Å². The summed E-state index contributed by atoms with van der Waals surface area (Å²) < 4.78 is 2.14. The van der Waals surface area contributed by atoms with Gasteiger partial charge in [-0.15, -0.1) is 10.2 Å². The zero-order valence-electron chi connectivity index (χ0n) is 76.3. The molecule has 0 saturated carbocycles. The van der Waals surface area contributed by atoms with E-state index in [2.05, 4.69) is 346 Å². The third kappa shape index (κ3) is 22.0. The smallest absolute Gasteiger partial charge is 0.168 e. The van der Waals surface area contributed by atoms with Crippen LogP contribution in [0.25, 0.3) is 173 Å². The molecule has 0 saturated heterocycles. The van der Waals surface area contributed by atoms with E-state index < -0.39 is 0 Å². The van der Waals surface area contributed by atoms with Crippen molar-refractivity contribution in [2.75, 3.05) is 0 Å². The van der Waals surface area contributed by atoms with Crippen molar-refractivity contribution >= 4 is 32.7 Å². The fourth-order valence-corrected chi connectivity index (χ4v) is 17.0. The topological polar surface area (TPSA) is 195 Å². The third-order valence-corrected chi connectivity index (χ3v) is 23.8. The third-order valence-electron chi connectivity index (χ3n) is 23.8. The average Bonchev–Trinajstić information content (AvgIpc) is 1.31. The number of hydrogen-bond donors (Lipinski definition) is 3. The number of nitrogens with zero attached hydrogens (tertiary/aromatic N) is 11. The average molecular weight is 1960 g/mol. The molecule has 0 aliphatic heterocycles. The van der Waals surface area contributed by atoms with E-state index in [-0.39, 0.29) is 42.8 Å². The van der Waals surface area contributed by atoms with Gasteiger partial charge in [0.25, 0.3) is 0 Å². The molecule has 0 atom stereocenters. The van der Waals surface area contributed by atoms with Gasteiger partial charge < -0.3 is 15.3 Å². The van der Waals surface area contributed by atoms with Crippen LogP contribution in [-0.2, 0) is 38.4 Å². The molecule has 3 N–H and O–H groups in total. The van der Waals surface area contributed by atoms with Crippen LogP contribution in [0.4, 0.5) is 0 Å². The Labute approximate surface area is 811 Å². The van der Waals surface area contributed by atoms with E-state index in [0.717, 1.165) is 147 Å². The number of aromatic hydroxyl groups is 3. The van der Waals surface area contributed by atoms with Gasteiger partial charge in [-0.1, -0.05) is 306 Å². The first-order valence-electron chi connectivity index (χ1n) is 45.3. The van der Waals surface area contributed by atoms with Gasteiger partial charge in [0.1, 0.15) is 33.8 Å². The van der Waals surface area contributed by atoms with E-state index in [4.69, 9.17) is 9.97 Å². The summed E-state index contributed by atoms with van der Waals surface area (Å²) >= 11 is 0. The summed E-state index contributed by atoms with van der Waals surface area (Å²) in [6.45, 7) is 10.8. The van der Waals surface area contributed by atoms with Gasteiger partial charge in [0.15, 0.2) is 11.6 Å². The van der Waals surface area contributed by atoms with Crippen molar-refractivity contribution in [2.24, 2.45) is 0 Å². The second-order valence-corrected chi connectivity index (χ2v) is 34.1. The van der Waals surface area contributed by atoms with Gasteiger partial charge >= 0.3 is 0 Å². The zero-order chi connectivity index (χ0) is 93.1. The maximum atomic E-state index is 9.31. The van der Waals surface area contributed by atoms with E-state index in [1.807, 2.05) is 134 Å². The fourth-order valence-electron chi connectivity index (χ4n) is 17.0. The van der Waals surface area contributed by atoms with Gasteiger partial charge in [-0.2, -0.15) is 0 Å². The number of benzene rings is 13. The maximum absolute atomic E-state index is 9.31. The van der Waals surface area contributed by atoms with Gasteiger partial charge in [0, 0.05) is 137 Å². The van der Waals surface area contributed by atoms with Crippen molar-refractivity contribution in [1.29, 1.82) is 0 Å². The molecule has 0 bridgehead atoms. The van der Waals surface area contributed by atoms with Gasteiger partial charge in [-0.3, -0.25) is 44.4 Å². The van der Waals surface area contributed by atoms with Crippen molar-refractivity contribution in [3.63, 3.8) is 0 Å². The molecule has 0 unspecified atom stereocenters. The van der Waals surface area contributed by atoms with Crippen LogP contribution in [0, 0.1) is 13.8 Å². The summed E-state index contributed by atoms with van der Waals surface area (Å²) in [5, 5.41) is 40.1. The molecule has 0 amide bonds. The Balaban J connectivity index is 0.000000122. The van der Waals surface area contributed by atoms with Gasteiger partial charge in [-0.05, 0) is 248 Å². The summed E-state index contributed by atoms with van der Waals surface area (Å²) in [6, 6.07) is 136. The molecule has 0 spiro atoms. The van der Waals surface area contributed by atoms with Crippen molar-refractivity contribution in [3.05, 3.63) is 484 Å². The first-order valence-corrected chi connectivity index (χ1v) is 45.3. The molecule has 15 heteroatoms. The van der Waals surface area contributed by atoms with Crippen molar-refractivity contribution < 1.29 is 35.4 Å². The summed E-state index contributed by atoms with van der Waals surface area (Å²) in [5.74, 6) is 2.38. The number of hydrogen-bond acceptors (Lipinski definition) is 13. The first-order chi connectivity index (χ1) is 66.6. The van der Waals surface area contributed by atoms with Crippen LogP contribution in [0.1, 0.15) is 48.8 Å². The van der Waals surface area contributed by atoms with E-state index in [9.17, 15) is 15.3 Å². The van der Waals surface area contributed by atoms with Crippen molar-refractivity contribution in [3.8, 4) is 157 Å². The van der Waals surface area contributed by atoms with E-state index in [1.54, 1.807) is 55.0 Å². The quantitative estimate of drug-likeness (QED) is 0.105. The molecule has 137 heavy (non-hydrogen) atoms. The maximum Gasteiger partial charge on any atom is 0.168 e. The van der Waals surface area contributed by atoms with Crippen LogP contribution in [0.3, 0.4) is 0 Å². The van der Waals surface area contributed by atoms with E-state index >= 15 is 0 Å². The molecule has 22 aromatic rings. The standard InChI is InChI=1S/C39H27N3.C30H27N3.C26H22N2.3C9H7NO.Ir/c1-7-28(34-13-4-16-40-25-34)19-31(10-1)37-22-38(32-11-2-8-29(20-32)35-14-5-17-41-26-35)24-39(23-37)33-12-3-9-30(21-33)36-15-6-18-42-27-36;1-30(2,3)26-20-18-25(19-21-26)29-32-31-28(33(29)27-12-8-5-9-13-27)24-16-14-23(15-17-24)22-10-6-4-7-11-22;1-17-15-23(19-9-5-3-6-10-19)21-13-14-22-24(20-11-7-4-8-12-20)16-18(2)28-26(22)25(21)27-17;3*11-8-5-1-3-7-4-2-6-10-9(7)8;/h1-27H;4-21H,1-3H3;3-12,15-16H,13-14H2,1-2H3;3*1-6,11H;. The van der Waals surface area contributed by atoms with Crippen molar-refractivity contribution in [2.45, 2.75) is 52.9 Å². The largest absolute Gasteiger partial charge is 0.506 e. The van der Waals surface area contributed by atoms with E-state index in [1.165, 1.54) is 50.1 Å². The second kappa shape index (κ2) is 43.2. The second-order valence-electron chi connectivity index (χ2n) is 34.1. The Kier molecular flexibility index (Phi) is 28.9. The van der Waals surface area contributed by atoms with Crippen LogP contribution in [0.2, 0.25) is 0 Å². The summed E-state index contributed by atoms with van der Waals surface area (Å²) in [6.07, 6.45) is 18.1. The van der Waals surface area contributed by atoms with Gasteiger partial charge in [0.05, 0.1) is 11.4 Å². The molecule has 1 aliphatic rings. The molecule has 9 aromatic heterocycles. The number of aromatic nitrogens is 11. The molecule has 1 radical (unpaired) electrons. The molecule has 0 fully saturated rings. The summed E-state index contributed by atoms with van der Waals surface area (Å²) in [5.41, 5.74) is 34.5. The summed E-state index contributed by atoms with van der Waals surface area (Å²) in [7, 11) is 0. The van der Waals surface area contributed by atoms with Crippen molar-refractivity contribution in [1.82, 2.24) is 54.6 Å². The number of phenols is 3. The molecule has 14 nitrogen and oxygen atoms in total. The predicted octanol–water partition coefficient (Wildman–Crippen LogP) is 29.5. The molecular formula is C122H97IrN11O3. The van der Waals surface area contributed by atoms with Crippen LogP contribution >= 0.6 is 0 Å². The molecule has 667 valence electrons. The minimum Gasteiger partial charge on any atom is -0.506 e. The van der Waals surface area contributed by atoms with Crippen LogP contribution in [0.15, 0.2) is 456 Å². The minimum atomic E-state index is 0. The van der Waals surface area contributed by atoms with Crippen LogP contribution in [0.5, 0.6) is 17.2 Å². The van der Waals surface area contributed by atoms with Crippen LogP contribution in [-0.4, -0.2) is 70.0 Å². The Morgan fingerprint density at radius 1 is 0.255 bits per heavy atom. The summed E-state index contributed by atoms with van der Waals surface area (Å²) in [4.78, 5) is 35.0. The SMILES string of the molecule is CC(C)(C)c1ccc(-c2nnc(-c3ccc(-c4ccccc4)cc3)n2-c2ccccc2)cc1.Cc1cc(-c2ccccc2)c2c(n1)-c1nc(C)cc(-c3ccccc3)c1CC2.Oc1cccc2cccnc12.Oc1cccc2cccnc12.Oc1cccc2cccnc12.[Ir].c1cncc(-c2cccc(-c3cc(-c4cccc(-c5cccnc5)c4)cc(-c4cccc(-c5cccnc5)c4)c3)c2)c1. The monoisotopic (exact) mass is 1960 g/mol. The molecular weight excluding hydrogens is 1860 g/mol. The normalized spacial score (nSPS) is 11.1. The predicted molar refractivity (Wildman–Crippen MR) is 554 cm³/mol. The number of para-hydroxylation sites is 4. The Bertz CT molecular complexity index is 7320. The number of phenolic OH excluding ortho intramolecular Hbond substituents is 3.